The van der Waals surface area contributed by atoms with E-state index in [4.69, 9.17) is 17.2 Å². The van der Waals surface area contributed by atoms with E-state index in [9.17, 15) is 0 Å². The first kappa shape index (κ1) is 12.5. The minimum Gasteiger partial charge on any atom is -0.382 e. The van der Waals surface area contributed by atoms with Crippen LogP contribution in [0.3, 0.4) is 0 Å². The van der Waals surface area contributed by atoms with E-state index in [1.54, 1.807) is 0 Å². The fourth-order valence-corrected chi connectivity index (χ4v) is 1.78. The topological polar surface area (TPSA) is 129 Å². The van der Waals surface area contributed by atoms with Crippen LogP contribution in [0.15, 0.2) is 34.5 Å². The molecule has 1 heterocycles. The highest BCUT2D eigenvalue weighted by Gasteiger charge is 2.07. The van der Waals surface area contributed by atoms with Crippen LogP contribution in [0.2, 0.25) is 0 Å². The van der Waals surface area contributed by atoms with Crippen molar-refractivity contribution in [3.63, 3.8) is 0 Å². The minimum absolute atomic E-state index is 0.0122. The summed E-state index contributed by atoms with van der Waals surface area (Å²) in [6, 6.07) is 7.52. The van der Waals surface area contributed by atoms with E-state index in [0.29, 0.717) is 5.69 Å². The Morgan fingerprint density at radius 1 is 1.00 bits per heavy atom. The van der Waals surface area contributed by atoms with Crippen LogP contribution < -0.4 is 17.2 Å². The molecule has 8 heteroatoms. The maximum absolute atomic E-state index is 5.65. The van der Waals surface area contributed by atoms with Gasteiger partial charge in [0.1, 0.15) is 0 Å². The molecule has 0 saturated carbocycles. The van der Waals surface area contributed by atoms with E-state index in [-0.39, 0.29) is 23.3 Å². The molecule has 0 fully saturated rings. The quantitative estimate of drug-likeness (QED) is 0.562. The molecule has 0 aliphatic rings. The van der Waals surface area contributed by atoms with E-state index in [2.05, 4.69) is 42.8 Å². The minimum atomic E-state index is 0.0122. The fraction of sp³-hybridized carbons (Fsp3) is 0. The fourth-order valence-electron chi connectivity index (χ4n) is 1.26. The number of hydrogen-bond acceptors (Lipinski definition) is 7. The average molecular weight is 355 g/mol. The average Bonchev–Trinajstić information content (AvgIpc) is 2.27. The van der Waals surface area contributed by atoms with Gasteiger partial charge in [0.25, 0.3) is 0 Å². The molecule has 1 aromatic heterocycles. The van der Waals surface area contributed by atoms with Crippen LogP contribution in [0, 0.1) is 3.57 Å². The molecular weight excluding hydrogens is 345 g/mol. The number of nitrogen functional groups attached to an aromatic ring is 3. The van der Waals surface area contributed by atoms with Crippen molar-refractivity contribution in [2.75, 3.05) is 17.2 Å². The summed E-state index contributed by atoms with van der Waals surface area (Å²) in [5.74, 6) is 0.224. The highest BCUT2D eigenvalue weighted by molar-refractivity contribution is 14.1. The molecule has 0 amide bonds. The zero-order valence-electron chi connectivity index (χ0n) is 9.21. The lowest BCUT2D eigenvalue weighted by molar-refractivity contribution is 1.15. The van der Waals surface area contributed by atoms with Gasteiger partial charge in [-0.2, -0.15) is 15.1 Å². The SMILES string of the molecule is Nc1nc(N)c(N=Nc2cccc(I)c2)c(N)n1. The van der Waals surface area contributed by atoms with Gasteiger partial charge >= 0.3 is 0 Å². The van der Waals surface area contributed by atoms with Crippen LogP contribution in [0.25, 0.3) is 0 Å². The van der Waals surface area contributed by atoms with Gasteiger partial charge in [0.15, 0.2) is 17.3 Å². The van der Waals surface area contributed by atoms with Crippen molar-refractivity contribution in [2.45, 2.75) is 0 Å². The summed E-state index contributed by atoms with van der Waals surface area (Å²) in [4.78, 5) is 7.55. The number of benzene rings is 1. The lowest BCUT2D eigenvalue weighted by Crippen LogP contribution is -2.03. The standard InChI is InChI=1S/C10H10IN7/c11-5-2-1-3-6(4-5)17-18-7-8(12)15-10(14)16-9(7)13/h1-4H,(H6,12,13,14,15,16). The number of rotatable bonds is 2. The van der Waals surface area contributed by atoms with Crippen LogP contribution >= 0.6 is 22.6 Å². The van der Waals surface area contributed by atoms with Crippen molar-refractivity contribution in [3.8, 4) is 0 Å². The largest absolute Gasteiger partial charge is 0.382 e. The van der Waals surface area contributed by atoms with Gasteiger partial charge in [-0.05, 0) is 40.8 Å². The van der Waals surface area contributed by atoms with Crippen LogP contribution in [0.5, 0.6) is 0 Å². The van der Waals surface area contributed by atoms with Gasteiger partial charge in [-0.1, -0.05) is 6.07 Å². The van der Waals surface area contributed by atoms with Gasteiger partial charge < -0.3 is 17.2 Å². The Labute approximate surface area is 117 Å². The highest BCUT2D eigenvalue weighted by atomic mass is 127. The summed E-state index contributed by atoms with van der Waals surface area (Å²) in [5.41, 5.74) is 17.6. The van der Waals surface area contributed by atoms with Crippen molar-refractivity contribution in [1.82, 2.24) is 9.97 Å². The van der Waals surface area contributed by atoms with E-state index in [0.717, 1.165) is 3.57 Å². The maximum atomic E-state index is 5.65. The molecule has 0 unspecified atom stereocenters. The molecule has 0 atom stereocenters. The van der Waals surface area contributed by atoms with Gasteiger partial charge in [-0.15, -0.1) is 5.11 Å². The summed E-state index contributed by atoms with van der Waals surface area (Å²) in [6.45, 7) is 0. The first-order valence-electron chi connectivity index (χ1n) is 4.92. The summed E-state index contributed by atoms with van der Waals surface area (Å²) in [5, 5.41) is 7.98. The predicted octanol–water partition coefficient (Wildman–Crippen LogP) is 2.24. The monoisotopic (exact) mass is 355 g/mol. The molecule has 2 rings (SSSR count). The van der Waals surface area contributed by atoms with Crippen molar-refractivity contribution in [1.29, 1.82) is 0 Å². The molecule has 18 heavy (non-hydrogen) atoms. The molecule has 7 nitrogen and oxygen atoms in total. The highest BCUT2D eigenvalue weighted by Crippen LogP contribution is 2.28. The van der Waals surface area contributed by atoms with E-state index in [1.165, 1.54) is 0 Å². The van der Waals surface area contributed by atoms with Crippen LogP contribution in [-0.4, -0.2) is 9.97 Å². The number of nitrogens with two attached hydrogens (primary N) is 3. The summed E-state index contributed by atoms with van der Waals surface area (Å²) < 4.78 is 1.05. The Morgan fingerprint density at radius 3 is 2.28 bits per heavy atom. The predicted molar refractivity (Wildman–Crippen MR) is 78.6 cm³/mol. The molecule has 2 aromatic rings. The molecule has 0 saturated heterocycles. The smallest absolute Gasteiger partial charge is 0.224 e. The Balaban J connectivity index is 2.35. The molecule has 0 radical (unpaired) electrons. The molecule has 0 spiro atoms. The van der Waals surface area contributed by atoms with E-state index < -0.39 is 0 Å². The zero-order valence-corrected chi connectivity index (χ0v) is 11.4. The summed E-state index contributed by atoms with van der Waals surface area (Å²) in [7, 11) is 0. The van der Waals surface area contributed by atoms with Gasteiger partial charge in [0.05, 0.1) is 5.69 Å². The number of azo groups is 1. The first-order valence-corrected chi connectivity index (χ1v) is 6.00. The van der Waals surface area contributed by atoms with Crippen LogP contribution in [0.1, 0.15) is 0 Å². The van der Waals surface area contributed by atoms with Crippen molar-refractivity contribution in [3.05, 3.63) is 27.8 Å². The van der Waals surface area contributed by atoms with Crippen molar-refractivity contribution >= 4 is 51.5 Å². The zero-order chi connectivity index (χ0) is 13.1. The van der Waals surface area contributed by atoms with Crippen LogP contribution in [0.4, 0.5) is 29.0 Å². The Hall–Kier alpha value is -1.97. The second-order valence-electron chi connectivity index (χ2n) is 3.38. The van der Waals surface area contributed by atoms with Gasteiger partial charge in [0, 0.05) is 3.57 Å². The molecule has 0 bridgehead atoms. The van der Waals surface area contributed by atoms with Gasteiger partial charge in [-0.25, -0.2) is 0 Å². The Morgan fingerprint density at radius 2 is 1.67 bits per heavy atom. The first-order chi connectivity index (χ1) is 8.56. The lowest BCUT2D eigenvalue weighted by atomic mass is 10.3. The molecular formula is C10H10IN7. The number of anilines is 3. The third-order valence-corrected chi connectivity index (χ3v) is 2.70. The van der Waals surface area contributed by atoms with E-state index in [1.807, 2.05) is 24.3 Å². The molecule has 0 aliphatic carbocycles. The van der Waals surface area contributed by atoms with Crippen molar-refractivity contribution in [2.24, 2.45) is 10.2 Å². The third-order valence-electron chi connectivity index (χ3n) is 2.03. The second-order valence-corrected chi connectivity index (χ2v) is 4.63. The maximum Gasteiger partial charge on any atom is 0.224 e. The lowest BCUT2D eigenvalue weighted by Gasteiger charge is -2.02. The Kier molecular flexibility index (Phi) is 3.55. The molecule has 1 aromatic carbocycles. The summed E-state index contributed by atoms with van der Waals surface area (Å²) >= 11 is 2.19. The number of hydrogen-bond donors (Lipinski definition) is 3. The number of aromatic nitrogens is 2. The normalized spacial score (nSPS) is 10.9. The second kappa shape index (κ2) is 5.12. The molecule has 92 valence electrons. The molecule has 0 aliphatic heterocycles. The van der Waals surface area contributed by atoms with Gasteiger partial charge in [-0.3, -0.25) is 0 Å². The molecule has 6 N–H and O–H groups in total. The number of halogens is 1. The summed E-state index contributed by atoms with van der Waals surface area (Å²) in [6.07, 6.45) is 0. The van der Waals surface area contributed by atoms with Crippen molar-refractivity contribution < 1.29 is 0 Å². The van der Waals surface area contributed by atoms with Crippen LogP contribution in [-0.2, 0) is 0 Å². The van der Waals surface area contributed by atoms with E-state index >= 15 is 0 Å². The third kappa shape index (κ3) is 2.83. The number of nitrogens with zero attached hydrogens (tertiary/aromatic N) is 4. The Bertz CT molecular complexity index is 588. The van der Waals surface area contributed by atoms with Gasteiger partial charge in [0.2, 0.25) is 5.95 Å².